The number of rotatable bonds is 4. The van der Waals surface area contributed by atoms with E-state index in [1.54, 1.807) is 12.5 Å². The fourth-order valence-electron chi connectivity index (χ4n) is 2.01. The van der Waals surface area contributed by atoms with Gasteiger partial charge in [-0.3, -0.25) is 0 Å². The second-order valence-electron chi connectivity index (χ2n) is 4.26. The Bertz CT molecular complexity index is 465. The molecule has 1 aromatic heterocycles. The molecule has 0 amide bonds. The van der Waals surface area contributed by atoms with Crippen molar-refractivity contribution in [2.75, 3.05) is 18.5 Å². The molecule has 0 fully saturated rings. The Morgan fingerprint density at radius 1 is 1.35 bits per heavy atom. The van der Waals surface area contributed by atoms with Gasteiger partial charge in [-0.15, -0.1) is 0 Å². The van der Waals surface area contributed by atoms with Gasteiger partial charge in [0.05, 0.1) is 18.6 Å². The third-order valence-corrected chi connectivity index (χ3v) is 3.03. The topological polar surface area (TPSA) is 42.4 Å². The number of nitrogens with two attached hydrogens (primary N) is 1. The number of benzene rings is 1. The molecule has 0 aliphatic heterocycles. The maximum atomic E-state index is 5.86. The zero-order valence-electron chi connectivity index (χ0n) is 10.3. The summed E-state index contributed by atoms with van der Waals surface area (Å²) in [6, 6.07) is 10.5. The van der Waals surface area contributed by atoms with Crippen LogP contribution in [0.2, 0.25) is 0 Å². The van der Waals surface area contributed by atoms with Gasteiger partial charge in [-0.25, -0.2) is 0 Å². The second-order valence-corrected chi connectivity index (χ2v) is 4.26. The summed E-state index contributed by atoms with van der Waals surface area (Å²) in [7, 11) is 2.05. The zero-order chi connectivity index (χ0) is 12.3. The van der Waals surface area contributed by atoms with Crippen molar-refractivity contribution in [2.24, 2.45) is 5.73 Å². The number of aryl methyl sites for hydroxylation is 1. The minimum atomic E-state index is 0.149. The molecule has 2 N–H and O–H groups in total. The lowest BCUT2D eigenvalue weighted by Crippen LogP contribution is -2.30. The Kier molecular flexibility index (Phi) is 3.49. The number of nitrogens with zero attached hydrogens (tertiary/aromatic N) is 1. The van der Waals surface area contributed by atoms with Crippen LogP contribution in [0.1, 0.15) is 17.2 Å². The van der Waals surface area contributed by atoms with Gasteiger partial charge in [0.15, 0.2) is 0 Å². The maximum Gasteiger partial charge on any atom is 0.0955 e. The molecule has 3 nitrogen and oxygen atoms in total. The van der Waals surface area contributed by atoms with E-state index in [0.717, 1.165) is 5.56 Å². The molecule has 0 aliphatic rings. The Balaban J connectivity index is 2.26. The third kappa shape index (κ3) is 2.50. The lowest BCUT2D eigenvalue weighted by Gasteiger charge is -2.28. The van der Waals surface area contributed by atoms with Gasteiger partial charge >= 0.3 is 0 Å². The van der Waals surface area contributed by atoms with Crippen LogP contribution in [0.15, 0.2) is 47.3 Å². The summed E-state index contributed by atoms with van der Waals surface area (Å²) in [5, 5.41) is 0. The van der Waals surface area contributed by atoms with Crippen molar-refractivity contribution in [1.82, 2.24) is 0 Å². The fraction of sp³-hybridized carbons (Fsp3) is 0.286. The van der Waals surface area contributed by atoms with Crippen LogP contribution in [-0.4, -0.2) is 13.6 Å². The fourth-order valence-corrected chi connectivity index (χ4v) is 2.01. The summed E-state index contributed by atoms with van der Waals surface area (Å²) in [6.45, 7) is 2.65. The van der Waals surface area contributed by atoms with Crippen molar-refractivity contribution in [1.29, 1.82) is 0 Å². The monoisotopic (exact) mass is 230 g/mol. The lowest BCUT2D eigenvalue weighted by atomic mass is 10.1. The van der Waals surface area contributed by atoms with Crippen LogP contribution < -0.4 is 10.6 Å². The van der Waals surface area contributed by atoms with E-state index in [1.807, 2.05) is 6.07 Å². The van der Waals surface area contributed by atoms with Crippen LogP contribution in [0.4, 0.5) is 5.69 Å². The Labute approximate surface area is 102 Å². The number of likely N-dealkylation sites (N-methyl/N-ethyl adjacent to an activating group) is 1. The molecule has 1 aromatic carbocycles. The van der Waals surface area contributed by atoms with Crippen LogP contribution in [0.25, 0.3) is 0 Å². The highest BCUT2D eigenvalue weighted by molar-refractivity contribution is 5.49. The van der Waals surface area contributed by atoms with Gasteiger partial charge < -0.3 is 15.1 Å². The molecular formula is C14H18N2O. The first-order valence-electron chi connectivity index (χ1n) is 5.74. The summed E-state index contributed by atoms with van der Waals surface area (Å²) in [5.74, 6) is 0. The van der Waals surface area contributed by atoms with Crippen molar-refractivity contribution in [3.8, 4) is 0 Å². The molecule has 0 bridgehead atoms. The van der Waals surface area contributed by atoms with E-state index < -0.39 is 0 Å². The van der Waals surface area contributed by atoms with Gasteiger partial charge in [-0.2, -0.15) is 0 Å². The van der Waals surface area contributed by atoms with E-state index in [9.17, 15) is 0 Å². The van der Waals surface area contributed by atoms with Crippen molar-refractivity contribution in [3.63, 3.8) is 0 Å². The number of anilines is 1. The maximum absolute atomic E-state index is 5.86. The van der Waals surface area contributed by atoms with Gasteiger partial charge in [-0.1, -0.05) is 12.1 Å². The smallest absolute Gasteiger partial charge is 0.0955 e. The molecule has 0 spiro atoms. The van der Waals surface area contributed by atoms with E-state index in [1.165, 1.54) is 11.3 Å². The zero-order valence-corrected chi connectivity index (χ0v) is 10.3. The van der Waals surface area contributed by atoms with E-state index in [2.05, 4.69) is 43.1 Å². The molecule has 1 heterocycles. The summed E-state index contributed by atoms with van der Waals surface area (Å²) in [4.78, 5) is 2.18. The first kappa shape index (κ1) is 11.7. The average molecular weight is 230 g/mol. The normalized spacial score (nSPS) is 12.4. The molecule has 1 atom stereocenters. The predicted molar refractivity (Wildman–Crippen MR) is 70.1 cm³/mol. The quantitative estimate of drug-likeness (QED) is 0.878. The number of hydrogen-bond donors (Lipinski definition) is 1. The summed E-state index contributed by atoms with van der Waals surface area (Å²) < 4.78 is 5.12. The molecule has 0 aliphatic carbocycles. The van der Waals surface area contributed by atoms with Gasteiger partial charge in [0.25, 0.3) is 0 Å². The number of furan rings is 1. The number of hydrogen-bond acceptors (Lipinski definition) is 3. The van der Waals surface area contributed by atoms with Crippen LogP contribution in [0.3, 0.4) is 0 Å². The van der Waals surface area contributed by atoms with Crippen molar-refractivity contribution in [3.05, 3.63) is 54.0 Å². The van der Waals surface area contributed by atoms with Gasteiger partial charge in [-0.05, 0) is 30.7 Å². The average Bonchev–Trinajstić information content (AvgIpc) is 2.83. The summed E-state index contributed by atoms with van der Waals surface area (Å²) in [5.41, 5.74) is 9.38. The first-order valence-corrected chi connectivity index (χ1v) is 5.74. The van der Waals surface area contributed by atoms with Gasteiger partial charge in [0.1, 0.15) is 0 Å². The molecule has 1 unspecified atom stereocenters. The highest BCUT2D eigenvalue weighted by Gasteiger charge is 2.16. The molecule has 3 heteroatoms. The SMILES string of the molecule is Cc1cccc(N(C)C(CN)c2ccoc2)c1. The summed E-state index contributed by atoms with van der Waals surface area (Å²) in [6.07, 6.45) is 3.44. The molecule has 2 aromatic rings. The van der Waals surface area contributed by atoms with E-state index in [4.69, 9.17) is 10.2 Å². The van der Waals surface area contributed by atoms with Gasteiger partial charge in [0.2, 0.25) is 0 Å². The Hall–Kier alpha value is -1.74. The first-order chi connectivity index (χ1) is 8.22. The standard InChI is InChI=1S/C14H18N2O/c1-11-4-3-5-13(8-11)16(2)14(9-15)12-6-7-17-10-12/h3-8,10,14H,9,15H2,1-2H3. The molecule has 0 saturated heterocycles. The second kappa shape index (κ2) is 5.06. The minimum Gasteiger partial charge on any atom is -0.472 e. The van der Waals surface area contributed by atoms with Crippen LogP contribution in [0, 0.1) is 6.92 Å². The van der Waals surface area contributed by atoms with E-state index >= 15 is 0 Å². The van der Waals surface area contributed by atoms with E-state index in [0.29, 0.717) is 6.54 Å². The Morgan fingerprint density at radius 2 is 2.18 bits per heavy atom. The van der Waals surface area contributed by atoms with Crippen LogP contribution >= 0.6 is 0 Å². The summed E-state index contributed by atoms with van der Waals surface area (Å²) >= 11 is 0. The van der Waals surface area contributed by atoms with Crippen LogP contribution in [0.5, 0.6) is 0 Å². The predicted octanol–water partition coefficient (Wildman–Crippen LogP) is 2.72. The van der Waals surface area contributed by atoms with Crippen molar-refractivity contribution < 1.29 is 4.42 Å². The molecule has 17 heavy (non-hydrogen) atoms. The Morgan fingerprint density at radius 3 is 2.76 bits per heavy atom. The highest BCUT2D eigenvalue weighted by atomic mass is 16.3. The van der Waals surface area contributed by atoms with Crippen molar-refractivity contribution >= 4 is 5.69 Å². The van der Waals surface area contributed by atoms with E-state index in [-0.39, 0.29) is 6.04 Å². The molecule has 0 radical (unpaired) electrons. The van der Waals surface area contributed by atoms with Crippen molar-refractivity contribution in [2.45, 2.75) is 13.0 Å². The molecule has 90 valence electrons. The minimum absolute atomic E-state index is 0.149. The lowest BCUT2D eigenvalue weighted by molar-refractivity contribution is 0.556. The largest absolute Gasteiger partial charge is 0.472 e. The molecule has 0 saturated carbocycles. The molecular weight excluding hydrogens is 212 g/mol. The van der Waals surface area contributed by atoms with Crippen LogP contribution in [-0.2, 0) is 0 Å². The highest BCUT2D eigenvalue weighted by Crippen LogP contribution is 2.25. The third-order valence-electron chi connectivity index (χ3n) is 3.03. The molecule has 2 rings (SSSR count). The van der Waals surface area contributed by atoms with Gasteiger partial charge in [0, 0.05) is 24.8 Å².